The average Bonchev–Trinajstić information content (AvgIpc) is 2.74. The lowest BCUT2D eigenvalue weighted by molar-refractivity contribution is -0.119. The van der Waals surface area contributed by atoms with Gasteiger partial charge in [0.25, 0.3) is 0 Å². The van der Waals surface area contributed by atoms with E-state index in [4.69, 9.17) is 10.5 Å². The molecule has 0 radical (unpaired) electrons. The number of rotatable bonds is 10. The van der Waals surface area contributed by atoms with Crippen molar-refractivity contribution in [2.75, 3.05) is 13.2 Å². The van der Waals surface area contributed by atoms with Crippen molar-refractivity contribution in [3.63, 3.8) is 0 Å². The molecular weight excluding hydrogens is 424 g/mol. The van der Waals surface area contributed by atoms with Gasteiger partial charge in [-0.3, -0.25) is 4.79 Å². The highest BCUT2D eigenvalue weighted by Gasteiger charge is 2.25. The maximum atomic E-state index is 13.6. The van der Waals surface area contributed by atoms with Gasteiger partial charge in [0.1, 0.15) is 17.4 Å². The van der Waals surface area contributed by atoms with Crippen LogP contribution in [0, 0.1) is 17.6 Å². The number of carbonyl (C=O) groups is 1. The maximum absolute atomic E-state index is 13.6. The van der Waals surface area contributed by atoms with Gasteiger partial charge in [0.15, 0.2) is 0 Å². The normalized spacial score (nSPS) is 17.2. The zero-order valence-electron chi connectivity index (χ0n) is 19.7. The highest BCUT2D eigenvalue weighted by Crippen LogP contribution is 2.33. The first kappa shape index (κ1) is 25.1. The molecule has 1 heterocycles. The third-order valence-corrected chi connectivity index (χ3v) is 6.01. The number of nitrogens with one attached hydrogen (secondary N) is 2. The van der Waals surface area contributed by atoms with Crippen LogP contribution in [0.5, 0.6) is 5.75 Å². The quantitative estimate of drug-likeness (QED) is 0.501. The molecule has 3 unspecified atom stereocenters. The largest absolute Gasteiger partial charge is 0.493 e. The Balaban J connectivity index is 1.68. The lowest BCUT2D eigenvalue weighted by atomic mass is 9.94. The maximum Gasteiger partial charge on any atom is 0.217 e. The minimum atomic E-state index is -0.648. The number of hydrogen-bond donors (Lipinski definition) is 3. The second-order valence-corrected chi connectivity index (χ2v) is 9.36. The summed E-state index contributed by atoms with van der Waals surface area (Å²) in [7, 11) is 0. The molecule has 0 aliphatic carbocycles. The van der Waals surface area contributed by atoms with Crippen molar-refractivity contribution in [2.24, 2.45) is 11.7 Å². The number of carbonyl (C=O) groups excluding carboxylic acids is 1. The van der Waals surface area contributed by atoms with Gasteiger partial charge in [-0.1, -0.05) is 26.0 Å². The second kappa shape index (κ2) is 11.6. The standard InChI is InChI=1S/C26H35F2N3O2/c1-16(2)4-5-18-6-7-26-22(12-18)24(8-9-33-26)30-15-23(29)25(31-17(3)32)13-19-10-20(27)14-21(28)11-19/h6-7,10-12,14,16,23-25,30H,4-5,8-9,13,15,29H2,1-3H3,(H,31,32). The van der Waals surface area contributed by atoms with Crippen molar-refractivity contribution in [2.45, 2.75) is 64.6 Å². The smallest absolute Gasteiger partial charge is 0.217 e. The summed E-state index contributed by atoms with van der Waals surface area (Å²) in [5, 5.41) is 6.36. The van der Waals surface area contributed by atoms with E-state index in [1.54, 1.807) is 0 Å². The van der Waals surface area contributed by atoms with Crippen molar-refractivity contribution in [3.8, 4) is 5.75 Å². The summed E-state index contributed by atoms with van der Waals surface area (Å²) in [6, 6.07) is 8.91. The number of benzene rings is 2. The molecule has 3 rings (SSSR count). The van der Waals surface area contributed by atoms with E-state index in [1.165, 1.54) is 24.6 Å². The van der Waals surface area contributed by atoms with E-state index >= 15 is 0 Å². The minimum absolute atomic E-state index is 0.0865. The number of hydrogen-bond acceptors (Lipinski definition) is 4. The third kappa shape index (κ3) is 7.51. The Morgan fingerprint density at radius 3 is 2.55 bits per heavy atom. The molecule has 0 aromatic heterocycles. The molecule has 5 nitrogen and oxygen atoms in total. The van der Waals surface area contributed by atoms with Crippen LogP contribution in [-0.2, 0) is 17.6 Å². The topological polar surface area (TPSA) is 76.4 Å². The number of nitrogens with two attached hydrogens (primary N) is 1. The molecule has 33 heavy (non-hydrogen) atoms. The Labute approximate surface area is 195 Å². The van der Waals surface area contributed by atoms with Crippen molar-refractivity contribution in [1.82, 2.24) is 10.6 Å². The number of fused-ring (bicyclic) bond motifs is 1. The van der Waals surface area contributed by atoms with E-state index in [2.05, 4.69) is 36.6 Å². The predicted molar refractivity (Wildman–Crippen MR) is 126 cm³/mol. The van der Waals surface area contributed by atoms with Crippen molar-refractivity contribution < 1.29 is 18.3 Å². The van der Waals surface area contributed by atoms with E-state index in [-0.39, 0.29) is 18.4 Å². The first-order chi connectivity index (χ1) is 15.7. The van der Waals surface area contributed by atoms with Gasteiger partial charge in [0.2, 0.25) is 5.91 Å². The summed E-state index contributed by atoms with van der Waals surface area (Å²) in [5.74, 6) is -0.00927. The van der Waals surface area contributed by atoms with Crippen molar-refractivity contribution in [1.29, 1.82) is 0 Å². The Kier molecular flexibility index (Phi) is 8.80. The molecule has 1 aliphatic heterocycles. The van der Waals surface area contributed by atoms with E-state index < -0.39 is 23.7 Å². The fourth-order valence-corrected chi connectivity index (χ4v) is 4.24. The number of halogens is 2. The summed E-state index contributed by atoms with van der Waals surface area (Å²) in [5.41, 5.74) is 9.30. The number of aryl methyl sites for hydroxylation is 1. The van der Waals surface area contributed by atoms with Crippen LogP contribution >= 0.6 is 0 Å². The highest BCUT2D eigenvalue weighted by molar-refractivity contribution is 5.73. The summed E-state index contributed by atoms with van der Waals surface area (Å²) in [4.78, 5) is 11.7. The van der Waals surface area contributed by atoms with Crippen LogP contribution in [0.15, 0.2) is 36.4 Å². The average molecular weight is 460 g/mol. The molecule has 7 heteroatoms. The van der Waals surface area contributed by atoms with Crippen LogP contribution in [0.1, 0.15) is 56.3 Å². The van der Waals surface area contributed by atoms with Gasteiger partial charge in [-0.2, -0.15) is 0 Å². The van der Waals surface area contributed by atoms with Crippen molar-refractivity contribution in [3.05, 3.63) is 64.7 Å². The van der Waals surface area contributed by atoms with Crippen LogP contribution in [0.25, 0.3) is 0 Å². The van der Waals surface area contributed by atoms with Gasteiger partial charge in [0.05, 0.1) is 6.61 Å². The van der Waals surface area contributed by atoms with Crippen LogP contribution in [-0.4, -0.2) is 31.1 Å². The Hall–Kier alpha value is -2.51. The molecule has 0 bridgehead atoms. The van der Waals surface area contributed by atoms with Gasteiger partial charge < -0.3 is 21.1 Å². The Morgan fingerprint density at radius 2 is 1.88 bits per heavy atom. The molecular formula is C26H35F2N3O2. The molecule has 1 amide bonds. The van der Waals surface area contributed by atoms with Gasteiger partial charge in [-0.25, -0.2) is 8.78 Å². The van der Waals surface area contributed by atoms with Crippen LogP contribution in [0.4, 0.5) is 8.78 Å². The van der Waals surface area contributed by atoms with Gasteiger partial charge in [0, 0.05) is 49.6 Å². The van der Waals surface area contributed by atoms with Gasteiger partial charge in [-0.15, -0.1) is 0 Å². The predicted octanol–water partition coefficient (Wildman–Crippen LogP) is 4.04. The molecule has 1 aliphatic rings. The fraction of sp³-hybridized carbons (Fsp3) is 0.500. The summed E-state index contributed by atoms with van der Waals surface area (Å²) in [6.07, 6.45) is 3.20. The summed E-state index contributed by atoms with van der Waals surface area (Å²) >= 11 is 0. The van der Waals surface area contributed by atoms with E-state index in [9.17, 15) is 13.6 Å². The molecule has 0 spiro atoms. The Bertz CT molecular complexity index is 931. The minimum Gasteiger partial charge on any atom is -0.493 e. The third-order valence-electron chi connectivity index (χ3n) is 6.01. The van der Waals surface area contributed by atoms with Crippen LogP contribution in [0.2, 0.25) is 0 Å². The van der Waals surface area contributed by atoms with E-state index in [0.29, 0.717) is 24.6 Å². The lowest BCUT2D eigenvalue weighted by Crippen LogP contribution is -2.53. The molecule has 2 aromatic rings. The molecule has 3 atom stereocenters. The van der Waals surface area contributed by atoms with Crippen LogP contribution < -0.4 is 21.1 Å². The van der Waals surface area contributed by atoms with Crippen molar-refractivity contribution >= 4 is 5.91 Å². The fourth-order valence-electron chi connectivity index (χ4n) is 4.24. The molecule has 0 saturated carbocycles. The summed E-state index contributed by atoms with van der Waals surface area (Å²) < 4.78 is 33.1. The Morgan fingerprint density at radius 1 is 1.15 bits per heavy atom. The van der Waals surface area contributed by atoms with Crippen LogP contribution in [0.3, 0.4) is 0 Å². The highest BCUT2D eigenvalue weighted by atomic mass is 19.1. The lowest BCUT2D eigenvalue weighted by Gasteiger charge is -2.31. The SMILES string of the molecule is CC(=O)NC(Cc1cc(F)cc(F)c1)C(N)CNC1CCOc2ccc(CCC(C)C)cc21. The molecule has 0 saturated heterocycles. The first-order valence-corrected chi connectivity index (χ1v) is 11.7. The molecule has 4 N–H and O–H groups in total. The summed E-state index contributed by atoms with van der Waals surface area (Å²) in [6.45, 7) is 6.90. The van der Waals surface area contributed by atoms with E-state index in [0.717, 1.165) is 36.6 Å². The number of amides is 1. The molecule has 0 fully saturated rings. The zero-order valence-corrected chi connectivity index (χ0v) is 19.7. The number of ether oxygens (including phenoxy) is 1. The van der Waals surface area contributed by atoms with E-state index in [1.807, 2.05) is 6.07 Å². The van der Waals surface area contributed by atoms with Gasteiger partial charge in [-0.05, 0) is 54.5 Å². The molecule has 180 valence electrons. The second-order valence-electron chi connectivity index (χ2n) is 9.36. The monoisotopic (exact) mass is 459 g/mol. The molecule has 2 aromatic carbocycles. The zero-order chi connectivity index (χ0) is 24.0. The first-order valence-electron chi connectivity index (χ1n) is 11.7. The van der Waals surface area contributed by atoms with Gasteiger partial charge >= 0.3 is 0 Å².